The molecule has 0 unspecified atom stereocenters. The van der Waals surface area contributed by atoms with E-state index in [4.69, 9.17) is 4.52 Å². The van der Waals surface area contributed by atoms with E-state index >= 15 is 0 Å². The van der Waals surface area contributed by atoms with E-state index in [-0.39, 0.29) is 11.3 Å². The standard InChI is InChI=1S/C22H26N4O2S/c1-22(2,3)18-6-4-16(5-7-18)21(27)26-11-9-25(10-12-26)14-19-23-20(24-28-19)17-8-13-29-15-17/h4-8,13,15H,9-12,14H2,1-3H3. The molecule has 3 heterocycles. The van der Waals surface area contributed by atoms with Crippen LogP contribution >= 0.6 is 11.3 Å². The number of nitrogens with zero attached hydrogens (tertiary/aromatic N) is 4. The summed E-state index contributed by atoms with van der Waals surface area (Å²) >= 11 is 1.61. The molecule has 0 bridgehead atoms. The van der Waals surface area contributed by atoms with Crippen molar-refractivity contribution < 1.29 is 9.32 Å². The lowest BCUT2D eigenvalue weighted by Gasteiger charge is -2.34. The van der Waals surface area contributed by atoms with Gasteiger partial charge in [-0.05, 0) is 34.6 Å². The Kier molecular flexibility index (Phi) is 5.52. The molecule has 1 saturated heterocycles. The first-order valence-corrected chi connectivity index (χ1v) is 10.8. The van der Waals surface area contributed by atoms with E-state index in [1.165, 1.54) is 5.56 Å². The van der Waals surface area contributed by atoms with Crippen molar-refractivity contribution in [1.29, 1.82) is 0 Å². The van der Waals surface area contributed by atoms with Gasteiger partial charge in [-0.25, -0.2) is 0 Å². The molecular weight excluding hydrogens is 384 g/mol. The van der Waals surface area contributed by atoms with Gasteiger partial charge in [-0.3, -0.25) is 9.69 Å². The first kappa shape index (κ1) is 19.8. The molecule has 152 valence electrons. The second-order valence-corrected chi connectivity index (χ2v) is 9.20. The van der Waals surface area contributed by atoms with Gasteiger partial charge < -0.3 is 9.42 Å². The molecule has 1 amide bonds. The number of carbonyl (C=O) groups excluding carboxylic acids is 1. The number of hydrogen-bond acceptors (Lipinski definition) is 6. The number of piperazine rings is 1. The highest BCUT2D eigenvalue weighted by Crippen LogP contribution is 2.23. The molecule has 2 aromatic heterocycles. The van der Waals surface area contributed by atoms with Crippen LogP contribution in [0.4, 0.5) is 0 Å². The van der Waals surface area contributed by atoms with Crippen molar-refractivity contribution in [3.63, 3.8) is 0 Å². The highest BCUT2D eigenvalue weighted by Gasteiger charge is 2.24. The molecule has 0 spiro atoms. The number of aromatic nitrogens is 2. The third-order valence-electron chi connectivity index (χ3n) is 5.26. The van der Waals surface area contributed by atoms with E-state index in [0.29, 0.717) is 31.3 Å². The van der Waals surface area contributed by atoms with Crippen molar-refractivity contribution in [3.8, 4) is 11.4 Å². The van der Waals surface area contributed by atoms with Crippen LogP contribution in [0.1, 0.15) is 42.6 Å². The summed E-state index contributed by atoms with van der Waals surface area (Å²) in [5, 5.41) is 8.07. The van der Waals surface area contributed by atoms with Gasteiger partial charge >= 0.3 is 0 Å². The molecule has 4 rings (SSSR count). The van der Waals surface area contributed by atoms with Crippen LogP contribution in [0, 0.1) is 0 Å². The first-order valence-electron chi connectivity index (χ1n) is 9.87. The van der Waals surface area contributed by atoms with Crippen LogP contribution < -0.4 is 0 Å². The summed E-state index contributed by atoms with van der Waals surface area (Å²) in [7, 11) is 0. The Morgan fingerprint density at radius 3 is 2.45 bits per heavy atom. The van der Waals surface area contributed by atoms with Crippen LogP contribution in [0.3, 0.4) is 0 Å². The molecule has 1 aliphatic rings. The Hall–Kier alpha value is -2.51. The highest BCUT2D eigenvalue weighted by atomic mass is 32.1. The Morgan fingerprint density at radius 2 is 1.83 bits per heavy atom. The molecule has 1 aromatic carbocycles. The van der Waals surface area contributed by atoms with Crippen LogP contribution in [0.15, 0.2) is 45.6 Å². The van der Waals surface area contributed by atoms with Gasteiger partial charge in [-0.1, -0.05) is 38.1 Å². The van der Waals surface area contributed by atoms with Gasteiger partial charge in [0.2, 0.25) is 11.7 Å². The van der Waals surface area contributed by atoms with Crippen LogP contribution in [0.2, 0.25) is 0 Å². The lowest BCUT2D eigenvalue weighted by molar-refractivity contribution is 0.0615. The maximum Gasteiger partial charge on any atom is 0.253 e. The zero-order valence-electron chi connectivity index (χ0n) is 17.1. The number of benzene rings is 1. The number of hydrogen-bond donors (Lipinski definition) is 0. The fourth-order valence-electron chi connectivity index (χ4n) is 3.42. The van der Waals surface area contributed by atoms with Crippen molar-refractivity contribution in [2.24, 2.45) is 0 Å². The molecule has 7 heteroatoms. The first-order chi connectivity index (χ1) is 13.9. The average Bonchev–Trinajstić information content (AvgIpc) is 3.39. The van der Waals surface area contributed by atoms with Gasteiger partial charge in [0.1, 0.15) is 0 Å². The fourth-order valence-corrected chi connectivity index (χ4v) is 4.06. The summed E-state index contributed by atoms with van der Waals surface area (Å²) in [5.41, 5.74) is 3.06. The van der Waals surface area contributed by atoms with E-state index in [1.54, 1.807) is 11.3 Å². The third-order valence-corrected chi connectivity index (χ3v) is 5.95. The lowest BCUT2D eigenvalue weighted by Crippen LogP contribution is -2.48. The quantitative estimate of drug-likeness (QED) is 0.649. The predicted octanol–water partition coefficient (Wildman–Crippen LogP) is 4.05. The van der Waals surface area contributed by atoms with Crippen molar-refractivity contribution in [3.05, 3.63) is 58.1 Å². The van der Waals surface area contributed by atoms with Crippen molar-refractivity contribution in [2.45, 2.75) is 32.7 Å². The third kappa shape index (κ3) is 4.57. The molecule has 1 aliphatic heterocycles. The van der Waals surface area contributed by atoms with E-state index in [2.05, 4.69) is 47.9 Å². The highest BCUT2D eigenvalue weighted by molar-refractivity contribution is 7.08. The summed E-state index contributed by atoms with van der Waals surface area (Å²) in [4.78, 5) is 21.5. The molecule has 0 N–H and O–H groups in total. The lowest BCUT2D eigenvalue weighted by atomic mass is 9.86. The zero-order chi connectivity index (χ0) is 20.4. The van der Waals surface area contributed by atoms with E-state index < -0.39 is 0 Å². The summed E-state index contributed by atoms with van der Waals surface area (Å²) in [6.07, 6.45) is 0. The number of rotatable bonds is 4. The molecule has 0 radical (unpaired) electrons. The summed E-state index contributed by atoms with van der Waals surface area (Å²) < 4.78 is 5.39. The van der Waals surface area contributed by atoms with Gasteiger partial charge in [0.25, 0.3) is 5.91 Å². The molecule has 0 aliphatic carbocycles. The Morgan fingerprint density at radius 1 is 1.10 bits per heavy atom. The zero-order valence-corrected chi connectivity index (χ0v) is 17.9. The van der Waals surface area contributed by atoms with Gasteiger partial charge in [-0.15, -0.1) is 0 Å². The largest absolute Gasteiger partial charge is 0.338 e. The van der Waals surface area contributed by atoms with Crippen LogP contribution in [-0.2, 0) is 12.0 Å². The number of carbonyl (C=O) groups is 1. The SMILES string of the molecule is CC(C)(C)c1ccc(C(=O)N2CCN(Cc3nc(-c4ccsc4)no3)CC2)cc1. The van der Waals surface area contributed by atoms with Crippen LogP contribution in [-0.4, -0.2) is 52.0 Å². The summed E-state index contributed by atoms with van der Waals surface area (Å²) in [6, 6.07) is 9.99. The minimum absolute atomic E-state index is 0.0885. The van der Waals surface area contributed by atoms with Crippen molar-refractivity contribution in [1.82, 2.24) is 19.9 Å². The van der Waals surface area contributed by atoms with E-state index in [9.17, 15) is 4.79 Å². The monoisotopic (exact) mass is 410 g/mol. The van der Waals surface area contributed by atoms with E-state index in [1.807, 2.05) is 33.9 Å². The maximum absolute atomic E-state index is 12.8. The summed E-state index contributed by atoms with van der Waals surface area (Å²) in [5.74, 6) is 1.35. The minimum Gasteiger partial charge on any atom is -0.338 e. The molecule has 0 saturated carbocycles. The summed E-state index contributed by atoms with van der Waals surface area (Å²) in [6.45, 7) is 10.1. The van der Waals surface area contributed by atoms with Gasteiger partial charge in [-0.2, -0.15) is 16.3 Å². The smallest absolute Gasteiger partial charge is 0.253 e. The molecule has 1 fully saturated rings. The Balaban J connectivity index is 1.31. The number of amides is 1. The van der Waals surface area contributed by atoms with Crippen LogP contribution in [0.5, 0.6) is 0 Å². The Labute approximate surface area is 175 Å². The normalized spacial score (nSPS) is 15.6. The van der Waals surface area contributed by atoms with Gasteiger partial charge in [0.05, 0.1) is 6.54 Å². The molecule has 0 atom stereocenters. The maximum atomic E-state index is 12.8. The molecule has 3 aromatic rings. The number of thiophene rings is 1. The Bertz CT molecular complexity index is 950. The molecule has 6 nitrogen and oxygen atoms in total. The molecular formula is C22H26N4O2S. The van der Waals surface area contributed by atoms with Crippen LogP contribution in [0.25, 0.3) is 11.4 Å². The predicted molar refractivity (Wildman–Crippen MR) is 114 cm³/mol. The molecule has 29 heavy (non-hydrogen) atoms. The van der Waals surface area contributed by atoms with Gasteiger partial charge in [0, 0.05) is 42.7 Å². The fraction of sp³-hybridized carbons (Fsp3) is 0.409. The topological polar surface area (TPSA) is 62.5 Å². The van der Waals surface area contributed by atoms with Crippen molar-refractivity contribution >= 4 is 17.2 Å². The van der Waals surface area contributed by atoms with Gasteiger partial charge in [0.15, 0.2) is 0 Å². The average molecular weight is 411 g/mol. The van der Waals surface area contributed by atoms with Crippen molar-refractivity contribution in [2.75, 3.05) is 26.2 Å². The second kappa shape index (κ2) is 8.08. The van der Waals surface area contributed by atoms with E-state index in [0.717, 1.165) is 24.2 Å². The minimum atomic E-state index is 0.0885. The second-order valence-electron chi connectivity index (χ2n) is 8.42.